The molecule has 2 aromatic rings. The van der Waals surface area contributed by atoms with Crippen molar-refractivity contribution in [3.05, 3.63) is 46.4 Å². The second kappa shape index (κ2) is 9.17. The lowest BCUT2D eigenvalue weighted by atomic mass is 10.1. The van der Waals surface area contributed by atoms with Gasteiger partial charge in [-0.2, -0.15) is 0 Å². The Labute approximate surface area is 155 Å². The number of hydrogen-bond donors (Lipinski definition) is 1. The fourth-order valence-electron chi connectivity index (χ4n) is 2.20. The van der Waals surface area contributed by atoms with E-state index in [4.69, 9.17) is 18.9 Å². The monoisotopic (exact) mass is 409 g/mol. The molecule has 0 aliphatic heterocycles. The molecular weight excluding hydrogens is 390 g/mol. The number of hydrogen-bond acceptors (Lipinski definition) is 5. The number of methoxy groups -OCH3 is 3. The van der Waals surface area contributed by atoms with Crippen molar-refractivity contribution >= 4 is 21.8 Å². The van der Waals surface area contributed by atoms with Crippen molar-refractivity contribution in [3.63, 3.8) is 0 Å². The Balaban J connectivity index is 1.96. The minimum atomic E-state index is -0.253. The van der Waals surface area contributed by atoms with Crippen LogP contribution in [0.15, 0.2) is 40.9 Å². The highest BCUT2D eigenvalue weighted by Gasteiger charge is 2.16. The van der Waals surface area contributed by atoms with Gasteiger partial charge in [-0.3, -0.25) is 4.79 Å². The number of halogens is 1. The molecule has 1 N–H and O–H groups in total. The molecule has 0 unspecified atom stereocenters. The molecule has 6 nitrogen and oxygen atoms in total. The molecule has 0 aliphatic carbocycles. The summed E-state index contributed by atoms with van der Waals surface area (Å²) in [6.07, 6.45) is 0. The van der Waals surface area contributed by atoms with Gasteiger partial charge >= 0.3 is 0 Å². The molecule has 2 aromatic carbocycles. The lowest BCUT2D eigenvalue weighted by molar-refractivity contribution is 0.0946. The van der Waals surface area contributed by atoms with Crippen molar-refractivity contribution in [1.82, 2.24) is 5.32 Å². The highest BCUT2D eigenvalue weighted by Crippen LogP contribution is 2.38. The molecular formula is C18H20BrNO5. The second-order valence-electron chi connectivity index (χ2n) is 4.98. The van der Waals surface area contributed by atoms with Crippen molar-refractivity contribution in [2.75, 3.05) is 34.5 Å². The van der Waals surface area contributed by atoms with Crippen molar-refractivity contribution in [2.45, 2.75) is 0 Å². The van der Waals surface area contributed by atoms with E-state index < -0.39 is 0 Å². The predicted octanol–water partition coefficient (Wildman–Crippen LogP) is 3.28. The molecule has 0 saturated heterocycles. The average molecular weight is 410 g/mol. The Kier molecular flexibility index (Phi) is 6.94. The van der Waals surface area contributed by atoms with Crippen LogP contribution in [-0.4, -0.2) is 40.4 Å². The average Bonchev–Trinajstić information content (AvgIpc) is 2.63. The lowest BCUT2D eigenvalue weighted by Crippen LogP contribution is -2.28. The molecule has 0 heterocycles. The molecule has 0 aliphatic rings. The zero-order chi connectivity index (χ0) is 18.2. The van der Waals surface area contributed by atoms with E-state index >= 15 is 0 Å². The van der Waals surface area contributed by atoms with Crippen molar-refractivity contribution < 1.29 is 23.7 Å². The van der Waals surface area contributed by atoms with Gasteiger partial charge in [-0.25, -0.2) is 0 Å². The van der Waals surface area contributed by atoms with Crippen molar-refractivity contribution in [3.8, 4) is 23.0 Å². The van der Waals surface area contributed by atoms with Gasteiger partial charge in [0, 0.05) is 10.0 Å². The number of carbonyl (C=O) groups excluding carboxylic acids is 1. The molecule has 25 heavy (non-hydrogen) atoms. The van der Waals surface area contributed by atoms with Crippen LogP contribution in [0.3, 0.4) is 0 Å². The van der Waals surface area contributed by atoms with E-state index in [1.54, 1.807) is 12.1 Å². The fraction of sp³-hybridized carbons (Fsp3) is 0.278. The summed E-state index contributed by atoms with van der Waals surface area (Å²) >= 11 is 3.38. The van der Waals surface area contributed by atoms with E-state index in [9.17, 15) is 4.79 Å². The van der Waals surface area contributed by atoms with Gasteiger partial charge in [0.25, 0.3) is 5.91 Å². The van der Waals surface area contributed by atoms with Crippen LogP contribution in [0.2, 0.25) is 0 Å². The molecule has 0 saturated carbocycles. The fourth-order valence-corrected chi connectivity index (χ4v) is 2.58. The first-order valence-electron chi connectivity index (χ1n) is 7.55. The van der Waals surface area contributed by atoms with E-state index in [0.29, 0.717) is 36.0 Å². The number of rotatable bonds is 8. The van der Waals surface area contributed by atoms with Gasteiger partial charge in [-0.05, 0) is 30.3 Å². The Bertz CT molecular complexity index is 710. The first-order valence-corrected chi connectivity index (χ1v) is 8.35. The standard InChI is InChI=1S/C18H20BrNO5/c1-22-15-9-12(10-16(23-2)17(15)24-3)18(21)20-7-8-25-14-6-4-5-13(19)11-14/h4-6,9-11H,7-8H2,1-3H3,(H,20,21). The maximum atomic E-state index is 12.3. The predicted molar refractivity (Wildman–Crippen MR) is 98.1 cm³/mol. The van der Waals surface area contributed by atoms with E-state index in [1.807, 2.05) is 24.3 Å². The highest BCUT2D eigenvalue weighted by molar-refractivity contribution is 9.10. The number of amides is 1. The van der Waals surface area contributed by atoms with Gasteiger partial charge in [0.05, 0.1) is 27.9 Å². The maximum Gasteiger partial charge on any atom is 0.251 e. The quantitative estimate of drug-likeness (QED) is 0.677. The van der Waals surface area contributed by atoms with Crippen LogP contribution in [-0.2, 0) is 0 Å². The Morgan fingerprint density at radius 2 is 1.72 bits per heavy atom. The van der Waals surface area contributed by atoms with Gasteiger partial charge in [-0.1, -0.05) is 22.0 Å². The first-order chi connectivity index (χ1) is 12.1. The molecule has 0 aromatic heterocycles. The van der Waals surface area contributed by atoms with Gasteiger partial charge < -0.3 is 24.3 Å². The third kappa shape index (κ3) is 5.03. The summed E-state index contributed by atoms with van der Waals surface area (Å²) in [5, 5.41) is 2.80. The van der Waals surface area contributed by atoms with Crippen LogP contribution >= 0.6 is 15.9 Å². The number of benzene rings is 2. The number of nitrogens with one attached hydrogen (secondary N) is 1. The molecule has 2 rings (SSSR count). The topological polar surface area (TPSA) is 66.0 Å². The molecule has 0 fully saturated rings. The van der Waals surface area contributed by atoms with Gasteiger partial charge in [0.15, 0.2) is 11.5 Å². The van der Waals surface area contributed by atoms with Crippen molar-refractivity contribution in [1.29, 1.82) is 0 Å². The van der Waals surface area contributed by atoms with Crippen LogP contribution in [0.4, 0.5) is 0 Å². The smallest absolute Gasteiger partial charge is 0.251 e. The highest BCUT2D eigenvalue weighted by atomic mass is 79.9. The van der Waals surface area contributed by atoms with Crippen LogP contribution < -0.4 is 24.3 Å². The molecule has 0 radical (unpaired) electrons. The Morgan fingerprint density at radius 1 is 1.04 bits per heavy atom. The number of carbonyl (C=O) groups is 1. The maximum absolute atomic E-state index is 12.3. The summed E-state index contributed by atoms with van der Waals surface area (Å²) in [6, 6.07) is 10.7. The van der Waals surface area contributed by atoms with Crippen LogP contribution in [0.5, 0.6) is 23.0 Å². The largest absolute Gasteiger partial charge is 0.493 e. The SMILES string of the molecule is COc1cc(C(=O)NCCOc2cccc(Br)c2)cc(OC)c1OC. The second-order valence-corrected chi connectivity index (χ2v) is 5.89. The molecule has 1 amide bonds. The molecule has 7 heteroatoms. The van der Waals surface area contributed by atoms with Crippen LogP contribution in [0.25, 0.3) is 0 Å². The number of ether oxygens (including phenoxy) is 4. The zero-order valence-corrected chi connectivity index (χ0v) is 15.9. The van der Waals surface area contributed by atoms with E-state index in [-0.39, 0.29) is 5.91 Å². The van der Waals surface area contributed by atoms with Crippen LogP contribution in [0.1, 0.15) is 10.4 Å². The Morgan fingerprint density at radius 3 is 2.28 bits per heavy atom. The van der Waals surface area contributed by atoms with E-state index in [1.165, 1.54) is 21.3 Å². The molecule has 134 valence electrons. The van der Waals surface area contributed by atoms with Gasteiger partial charge in [-0.15, -0.1) is 0 Å². The molecule has 0 spiro atoms. The summed E-state index contributed by atoms with van der Waals surface area (Å²) in [7, 11) is 4.52. The van der Waals surface area contributed by atoms with E-state index in [0.717, 1.165) is 10.2 Å². The van der Waals surface area contributed by atoms with Gasteiger partial charge in [0.1, 0.15) is 12.4 Å². The summed E-state index contributed by atoms with van der Waals surface area (Å²) in [5.41, 5.74) is 0.414. The van der Waals surface area contributed by atoms with Crippen LogP contribution in [0, 0.1) is 0 Å². The minimum Gasteiger partial charge on any atom is -0.493 e. The lowest BCUT2D eigenvalue weighted by Gasteiger charge is -2.14. The zero-order valence-electron chi connectivity index (χ0n) is 14.3. The summed E-state index contributed by atoms with van der Waals surface area (Å²) in [4.78, 5) is 12.3. The minimum absolute atomic E-state index is 0.253. The third-order valence-electron chi connectivity index (χ3n) is 3.38. The normalized spacial score (nSPS) is 10.1. The Hall–Kier alpha value is -2.41. The van der Waals surface area contributed by atoms with E-state index in [2.05, 4.69) is 21.2 Å². The first kappa shape index (κ1) is 18.9. The summed E-state index contributed by atoms with van der Waals surface area (Å²) in [5.74, 6) is 1.78. The summed E-state index contributed by atoms with van der Waals surface area (Å²) < 4.78 is 22.3. The van der Waals surface area contributed by atoms with Gasteiger partial charge in [0.2, 0.25) is 5.75 Å². The van der Waals surface area contributed by atoms with Crippen molar-refractivity contribution in [2.24, 2.45) is 0 Å². The molecule has 0 bridgehead atoms. The third-order valence-corrected chi connectivity index (χ3v) is 3.87. The molecule has 0 atom stereocenters. The summed E-state index contributed by atoms with van der Waals surface area (Å²) in [6.45, 7) is 0.717.